The van der Waals surface area contributed by atoms with Gasteiger partial charge in [-0.1, -0.05) is 31.2 Å². The number of phenolic OH excluding ortho intramolecular Hbond substituents is 2. The van der Waals surface area contributed by atoms with E-state index in [9.17, 15) is 15.0 Å². The summed E-state index contributed by atoms with van der Waals surface area (Å²) < 4.78 is 0. The Balaban J connectivity index is 3.06. The molecule has 1 atom stereocenters. The molecular weight excluding hydrogens is 304 g/mol. The molecule has 0 fully saturated rings. The average molecular weight is 330 g/mol. The van der Waals surface area contributed by atoms with Gasteiger partial charge in [0.1, 0.15) is 11.5 Å². The summed E-state index contributed by atoms with van der Waals surface area (Å²) in [5, 5.41) is 29.7. The second-order valence-electron chi connectivity index (χ2n) is 5.70. The van der Waals surface area contributed by atoms with Crippen LogP contribution in [0.2, 0.25) is 0 Å². The molecule has 1 unspecified atom stereocenters. The predicted molar refractivity (Wildman–Crippen MR) is 97.3 cm³/mol. The van der Waals surface area contributed by atoms with Gasteiger partial charge >= 0.3 is 5.97 Å². The van der Waals surface area contributed by atoms with Gasteiger partial charge in [-0.3, -0.25) is 4.79 Å². The zero-order valence-electron chi connectivity index (χ0n) is 14.2. The van der Waals surface area contributed by atoms with Crippen LogP contribution in [0, 0.1) is 5.92 Å². The number of hydrogen-bond acceptors (Lipinski definition) is 3. The monoisotopic (exact) mass is 330 g/mol. The molecule has 4 heteroatoms. The molecule has 0 aromatic heterocycles. The quantitative estimate of drug-likeness (QED) is 0.437. The lowest BCUT2D eigenvalue weighted by Gasteiger charge is -2.13. The van der Waals surface area contributed by atoms with Gasteiger partial charge in [0.25, 0.3) is 0 Å². The van der Waals surface area contributed by atoms with Crippen LogP contribution in [0.4, 0.5) is 0 Å². The molecule has 0 bridgehead atoms. The van der Waals surface area contributed by atoms with Crippen LogP contribution in [0.15, 0.2) is 37.5 Å². The molecule has 0 amide bonds. The number of allylic oxidation sites excluding steroid dienone is 3. The molecule has 4 nitrogen and oxygen atoms in total. The summed E-state index contributed by atoms with van der Waals surface area (Å²) in [6, 6.07) is 1.55. The van der Waals surface area contributed by atoms with Crippen molar-refractivity contribution in [3.63, 3.8) is 0 Å². The Morgan fingerprint density at radius 3 is 2.46 bits per heavy atom. The van der Waals surface area contributed by atoms with E-state index in [0.717, 1.165) is 0 Å². The summed E-state index contributed by atoms with van der Waals surface area (Å²) in [6.07, 6.45) is 9.50. The maximum atomic E-state index is 11.0. The Morgan fingerprint density at radius 2 is 1.92 bits per heavy atom. The van der Waals surface area contributed by atoms with Crippen molar-refractivity contribution in [3.8, 4) is 11.5 Å². The first-order chi connectivity index (χ1) is 11.5. The van der Waals surface area contributed by atoms with Crippen LogP contribution in [-0.2, 0) is 17.6 Å². The highest BCUT2D eigenvalue weighted by Gasteiger charge is 2.15. The molecule has 130 valence electrons. The predicted octanol–water partition coefficient (Wildman–Crippen LogP) is 4.46. The smallest absolute Gasteiger partial charge is 0.306 e. The fourth-order valence-electron chi connectivity index (χ4n) is 2.62. The van der Waals surface area contributed by atoms with Crippen molar-refractivity contribution in [2.75, 3.05) is 0 Å². The van der Waals surface area contributed by atoms with Crippen molar-refractivity contribution in [1.82, 2.24) is 0 Å². The van der Waals surface area contributed by atoms with Gasteiger partial charge in [0.05, 0.1) is 5.92 Å². The Bertz CT molecular complexity index is 629. The minimum absolute atomic E-state index is 0.112. The highest BCUT2D eigenvalue weighted by atomic mass is 16.4. The van der Waals surface area contributed by atoms with Gasteiger partial charge in [-0.05, 0) is 38.2 Å². The molecule has 0 saturated carbocycles. The number of phenols is 2. The van der Waals surface area contributed by atoms with E-state index in [1.54, 1.807) is 24.3 Å². The van der Waals surface area contributed by atoms with Crippen molar-refractivity contribution in [2.24, 2.45) is 5.92 Å². The summed E-state index contributed by atoms with van der Waals surface area (Å²) in [6.45, 7) is 9.19. The maximum absolute atomic E-state index is 11.0. The van der Waals surface area contributed by atoms with Gasteiger partial charge < -0.3 is 15.3 Å². The minimum Gasteiger partial charge on any atom is -0.508 e. The van der Waals surface area contributed by atoms with Crippen molar-refractivity contribution < 1.29 is 20.1 Å². The van der Waals surface area contributed by atoms with E-state index >= 15 is 0 Å². The van der Waals surface area contributed by atoms with Crippen molar-refractivity contribution in [2.45, 2.75) is 39.0 Å². The van der Waals surface area contributed by atoms with Crippen LogP contribution >= 0.6 is 0 Å². The van der Waals surface area contributed by atoms with Gasteiger partial charge in [-0.25, -0.2) is 0 Å². The minimum atomic E-state index is -0.785. The molecule has 0 aliphatic rings. The van der Waals surface area contributed by atoms with E-state index in [0.29, 0.717) is 48.8 Å². The third-order valence-electron chi connectivity index (χ3n) is 4.03. The zero-order valence-corrected chi connectivity index (χ0v) is 14.2. The van der Waals surface area contributed by atoms with Crippen LogP contribution < -0.4 is 0 Å². The lowest BCUT2D eigenvalue weighted by Crippen LogP contribution is -2.11. The average Bonchev–Trinajstić information content (AvgIpc) is 2.54. The third-order valence-corrected chi connectivity index (χ3v) is 4.03. The number of benzene rings is 1. The lowest BCUT2D eigenvalue weighted by molar-refractivity contribution is -0.142. The molecule has 0 radical (unpaired) electrons. The number of hydrogen-bond donors (Lipinski definition) is 3. The molecule has 0 heterocycles. The van der Waals surface area contributed by atoms with E-state index in [1.807, 2.05) is 13.0 Å². The van der Waals surface area contributed by atoms with E-state index in [1.165, 1.54) is 0 Å². The van der Waals surface area contributed by atoms with Gasteiger partial charge in [-0.15, -0.1) is 13.2 Å². The normalized spacial score (nSPS) is 12.2. The molecule has 1 aromatic rings. The highest BCUT2D eigenvalue weighted by molar-refractivity contribution is 5.70. The Morgan fingerprint density at radius 1 is 1.25 bits per heavy atom. The zero-order chi connectivity index (χ0) is 18.1. The summed E-state index contributed by atoms with van der Waals surface area (Å²) >= 11 is 0. The van der Waals surface area contributed by atoms with Crippen LogP contribution in [-0.4, -0.2) is 21.3 Å². The summed E-state index contributed by atoms with van der Waals surface area (Å²) in [4.78, 5) is 11.0. The van der Waals surface area contributed by atoms with E-state index in [4.69, 9.17) is 5.11 Å². The molecular formula is C20H26O4. The molecule has 24 heavy (non-hydrogen) atoms. The number of carboxylic acids is 1. The topological polar surface area (TPSA) is 77.8 Å². The lowest BCUT2D eigenvalue weighted by atomic mass is 9.95. The molecule has 0 spiro atoms. The molecule has 0 aliphatic heterocycles. The number of aromatic hydroxyl groups is 2. The fourth-order valence-corrected chi connectivity index (χ4v) is 2.62. The summed E-state index contributed by atoms with van der Waals surface area (Å²) in [7, 11) is 0. The molecule has 0 aliphatic carbocycles. The molecule has 3 N–H and O–H groups in total. The first kappa shape index (κ1) is 19.6. The number of carbonyl (C=O) groups is 1. The second kappa shape index (κ2) is 9.60. The Labute approximate surface area is 143 Å². The molecule has 1 rings (SSSR count). The molecule has 0 saturated heterocycles. The summed E-state index contributed by atoms with van der Waals surface area (Å²) in [5.41, 5.74) is 1.76. The van der Waals surface area contributed by atoms with Crippen molar-refractivity contribution in [1.29, 1.82) is 0 Å². The van der Waals surface area contributed by atoms with Gasteiger partial charge in [0, 0.05) is 16.7 Å². The number of aliphatic carboxylic acids is 1. The first-order valence-corrected chi connectivity index (χ1v) is 8.13. The van der Waals surface area contributed by atoms with Gasteiger partial charge in [-0.2, -0.15) is 0 Å². The third kappa shape index (κ3) is 5.01. The highest BCUT2D eigenvalue weighted by Crippen LogP contribution is 2.35. The standard InChI is InChI=1S/C20H26O4/c1-4-9-15-13-18(21)16(10-5-2)17(19(15)22)12-8-7-11-14(6-3)20(23)24/h4-5,8,12-14,21-22H,1-2,6-7,9-11H2,3H3,(H,23,24). The Hall–Kier alpha value is -2.49. The van der Waals surface area contributed by atoms with Crippen molar-refractivity contribution >= 4 is 12.0 Å². The van der Waals surface area contributed by atoms with Gasteiger partial charge in [0.15, 0.2) is 0 Å². The van der Waals surface area contributed by atoms with E-state index in [-0.39, 0.29) is 17.4 Å². The number of rotatable bonds is 10. The first-order valence-electron chi connectivity index (χ1n) is 8.13. The second-order valence-corrected chi connectivity index (χ2v) is 5.70. The van der Waals surface area contributed by atoms with E-state index in [2.05, 4.69) is 13.2 Å². The fraction of sp³-hybridized carbons (Fsp3) is 0.350. The van der Waals surface area contributed by atoms with Crippen LogP contribution in [0.1, 0.15) is 42.9 Å². The molecule has 1 aromatic carbocycles. The van der Waals surface area contributed by atoms with E-state index < -0.39 is 5.97 Å². The maximum Gasteiger partial charge on any atom is 0.306 e. The van der Waals surface area contributed by atoms with Crippen LogP contribution in [0.5, 0.6) is 11.5 Å². The Kier molecular flexibility index (Phi) is 7.83. The summed E-state index contributed by atoms with van der Waals surface area (Å²) in [5.74, 6) is -0.921. The van der Waals surface area contributed by atoms with Gasteiger partial charge in [0.2, 0.25) is 0 Å². The number of carboxylic acid groups (broad SMARTS) is 1. The van der Waals surface area contributed by atoms with Crippen LogP contribution in [0.25, 0.3) is 6.08 Å². The van der Waals surface area contributed by atoms with Crippen molar-refractivity contribution in [3.05, 3.63) is 54.1 Å². The largest absolute Gasteiger partial charge is 0.508 e. The van der Waals surface area contributed by atoms with Crippen LogP contribution in [0.3, 0.4) is 0 Å². The SMILES string of the molecule is C=CCc1cc(O)c(CC=C)c(C=CCCC(CC)C(=O)O)c1O.